The molecule has 1 aromatic rings. The molecule has 1 unspecified atom stereocenters. The third kappa shape index (κ3) is 4.00. The Morgan fingerprint density at radius 3 is 2.46 bits per heavy atom. The minimum atomic E-state index is -0.986. The maximum absolute atomic E-state index is 10.3. The van der Waals surface area contributed by atoms with Crippen LogP contribution < -0.4 is 0 Å². The lowest BCUT2D eigenvalue weighted by Gasteiger charge is -1.95. The Hall–Kier alpha value is -0.950. The number of aromatic nitrogens is 1. The topological polar surface area (TPSA) is 50.2 Å². The minimum Gasteiger partial charge on any atom is -0.477 e. The van der Waals surface area contributed by atoms with E-state index in [9.17, 15) is 4.79 Å². The molecule has 0 amide bonds. The van der Waals surface area contributed by atoms with Gasteiger partial charge >= 0.3 is 5.97 Å². The van der Waals surface area contributed by atoms with Crippen LogP contribution in [0.4, 0.5) is 0 Å². The third-order valence-corrected chi connectivity index (χ3v) is 1.75. The van der Waals surface area contributed by atoms with Crippen LogP contribution in [-0.2, 0) is 6.16 Å². The summed E-state index contributed by atoms with van der Waals surface area (Å²) in [6, 6.07) is 3.26. The van der Waals surface area contributed by atoms with Crippen LogP contribution in [0, 0.1) is 0 Å². The number of carboxylic acid groups (broad SMARTS) is 1. The Morgan fingerprint density at radius 1 is 1.54 bits per heavy atom. The molecule has 0 radical (unpaired) electrons. The zero-order valence-corrected chi connectivity index (χ0v) is 8.97. The molecular formula is C9H14NO2P. The predicted molar refractivity (Wildman–Crippen MR) is 56.0 cm³/mol. The minimum absolute atomic E-state index is 0.0900. The molecular weight excluding hydrogens is 185 g/mol. The normalized spacial score (nSPS) is 8.54. The molecule has 1 N–H and O–H groups in total. The number of hydrogen-bond donors (Lipinski definition) is 1. The first-order chi connectivity index (χ1) is 6.24. The second-order valence-electron chi connectivity index (χ2n) is 2.06. The average molecular weight is 199 g/mol. The average Bonchev–Trinajstić information content (AvgIpc) is 2.21. The Bertz CT molecular complexity index is 259. The van der Waals surface area contributed by atoms with Crippen molar-refractivity contribution in [3.8, 4) is 0 Å². The van der Waals surface area contributed by atoms with Gasteiger partial charge in [-0.25, -0.2) is 9.78 Å². The summed E-state index contributed by atoms with van der Waals surface area (Å²) in [6.45, 7) is 4.00. The van der Waals surface area contributed by atoms with E-state index in [0.717, 1.165) is 11.7 Å². The third-order valence-electron chi connectivity index (χ3n) is 1.28. The lowest BCUT2D eigenvalue weighted by molar-refractivity contribution is 0.0690. The molecule has 0 aromatic carbocycles. The van der Waals surface area contributed by atoms with Gasteiger partial charge in [0.1, 0.15) is 5.69 Å². The quantitative estimate of drug-likeness (QED) is 0.742. The number of pyridine rings is 1. The fourth-order valence-electron chi connectivity index (χ4n) is 0.672. The van der Waals surface area contributed by atoms with E-state index in [1.807, 2.05) is 13.8 Å². The largest absolute Gasteiger partial charge is 0.477 e. The highest BCUT2D eigenvalue weighted by atomic mass is 31.0. The first kappa shape index (κ1) is 12.0. The van der Waals surface area contributed by atoms with Crippen molar-refractivity contribution in [3.05, 3.63) is 29.6 Å². The summed E-state index contributed by atoms with van der Waals surface area (Å²) >= 11 is 0. The second kappa shape index (κ2) is 6.55. The molecule has 0 aliphatic rings. The highest BCUT2D eigenvalue weighted by Gasteiger charge is 2.01. The van der Waals surface area contributed by atoms with Crippen LogP contribution in [0.5, 0.6) is 0 Å². The second-order valence-corrected chi connectivity index (χ2v) is 2.47. The summed E-state index contributed by atoms with van der Waals surface area (Å²) in [5.41, 5.74) is 1.10. The molecule has 0 spiro atoms. The van der Waals surface area contributed by atoms with E-state index in [-0.39, 0.29) is 5.69 Å². The van der Waals surface area contributed by atoms with Crippen LogP contribution >= 0.6 is 9.24 Å². The van der Waals surface area contributed by atoms with E-state index in [0.29, 0.717) is 0 Å². The van der Waals surface area contributed by atoms with Gasteiger partial charge in [0.05, 0.1) is 0 Å². The van der Waals surface area contributed by atoms with Crippen molar-refractivity contribution in [1.29, 1.82) is 0 Å². The molecule has 13 heavy (non-hydrogen) atoms. The van der Waals surface area contributed by atoms with Gasteiger partial charge in [-0.15, -0.1) is 9.24 Å². The number of nitrogens with zero attached hydrogens (tertiary/aromatic N) is 1. The molecule has 0 saturated heterocycles. The zero-order valence-electron chi connectivity index (χ0n) is 7.82. The predicted octanol–water partition coefficient (Wildman–Crippen LogP) is 2.18. The molecule has 3 nitrogen and oxygen atoms in total. The Morgan fingerprint density at radius 2 is 2.15 bits per heavy atom. The fourth-order valence-corrected chi connectivity index (χ4v) is 0.913. The van der Waals surface area contributed by atoms with Gasteiger partial charge in [0.15, 0.2) is 0 Å². The molecule has 1 aromatic heterocycles. The summed E-state index contributed by atoms with van der Waals surface area (Å²) in [4.78, 5) is 14.1. The fraction of sp³-hybridized carbons (Fsp3) is 0.333. The van der Waals surface area contributed by atoms with Crippen molar-refractivity contribution in [3.63, 3.8) is 0 Å². The van der Waals surface area contributed by atoms with Crippen LogP contribution in [-0.4, -0.2) is 16.1 Å². The van der Waals surface area contributed by atoms with Crippen molar-refractivity contribution >= 4 is 15.2 Å². The molecule has 1 heterocycles. The van der Waals surface area contributed by atoms with Gasteiger partial charge in [-0.1, -0.05) is 19.9 Å². The molecule has 1 atom stereocenters. The number of carbonyl (C=O) groups is 1. The summed E-state index contributed by atoms with van der Waals surface area (Å²) in [5.74, 6) is -0.986. The lowest BCUT2D eigenvalue weighted by atomic mass is 10.3. The summed E-state index contributed by atoms with van der Waals surface area (Å²) in [5, 5.41) is 8.48. The Balaban J connectivity index is 0.000000671. The summed E-state index contributed by atoms with van der Waals surface area (Å²) in [6.07, 6.45) is 2.36. The van der Waals surface area contributed by atoms with Crippen LogP contribution in [0.3, 0.4) is 0 Å². The van der Waals surface area contributed by atoms with E-state index in [4.69, 9.17) is 5.11 Å². The van der Waals surface area contributed by atoms with Crippen LogP contribution in [0.1, 0.15) is 29.9 Å². The van der Waals surface area contributed by atoms with E-state index in [1.54, 1.807) is 12.3 Å². The van der Waals surface area contributed by atoms with Gasteiger partial charge in [-0.2, -0.15) is 0 Å². The molecule has 72 valence electrons. The van der Waals surface area contributed by atoms with Gasteiger partial charge in [-0.05, 0) is 17.8 Å². The van der Waals surface area contributed by atoms with Crippen molar-refractivity contribution in [2.75, 3.05) is 0 Å². The number of carboxylic acids is 1. The first-order valence-electron chi connectivity index (χ1n) is 4.12. The highest BCUT2D eigenvalue weighted by molar-refractivity contribution is 7.15. The van der Waals surface area contributed by atoms with Gasteiger partial charge in [0.25, 0.3) is 0 Å². The van der Waals surface area contributed by atoms with E-state index in [2.05, 4.69) is 14.2 Å². The Kier molecular flexibility index (Phi) is 6.07. The van der Waals surface area contributed by atoms with Crippen molar-refractivity contribution in [2.24, 2.45) is 0 Å². The molecule has 4 heteroatoms. The molecule has 0 fully saturated rings. The molecule has 1 rings (SSSR count). The molecule has 0 saturated carbocycles. The number of rotatable bonds is 2. The summed E-state index contributed by atoms with van der Waals surface area (Å²) in [7, 11) is 2.55. The van der Waals surface area contributed by atoms with Gasteiger partial charge < -0.3 is 5.11 Å². The summed E-state index contributed by atoms with van der Waals surface area (Å²) < 4.78 is 0. The van der Waals surface area contributed by atoms with Crippen LogP contribution in [0.25, 0.3) is 0 Å². The van der Waals surface area contributed by atoms with Gasteiger partial charge in [0.2, 0.25) is 0 Å². The van der Waals surface area contributed by atoms with Gasteiger partial charge in [0, 0.05) is 6.20 Å². The lowest BCUT2D eigenvalue weighted by Crippen LogP contribution is -1.99. The smallest absolute Gasteiger partial charge is 0.354 e. The van der Waals surface area contributed by atoms with Crippen molar-refractivity contribution in [1.82, 2.24) is 4.98 Å². The van der Waals surface area contributed by atoms with Crippen LogP contribution in [0.2, 0.25) is 0 Å². The zero-order chi connectivity index (χ0) is 10.3. The number of hydrogen-bond acceptors (Lipinski definition) is 2. The standard InChI is InChI=1S/C7H8NO2P.C2H6/c9-7(10)6-2-1-5(4-11)3-8-6;1-2/h1-3H,4,11H2,(H,9,10);1-2H3. The maximum Gasteiger partial charge on any atom is 0.354 e. The van der Waals surface area contributed by atoms with Crippen molar-refractivity contribution < 1.29 is 9.90 Å². The van der Waals surface area contributed by atoms with Gasteiger partial charge in [-0.3, -0.25) is 0 Å². The molecule has 0 bridgehead atoms. The number of aromatic carboxylic acids is 1. The van der Waals surface area contributed by atoms with Crippen molar-refractivity contribution in [2.45, 2.75) is 20.0 Å². The Labute approximate surface area is 80.4 Å². The van der Waals surface area contributed by atoms with Crippen LogP contribution in [0.15, 0.2) is 18.3 Å². The molecule has 0 aliphatic carbocycles. The van der Waals surface area contributed by atoms with E-state index in [1.165, 1.54) is 6.07 Å². The maximum atomic E-state index is 10.3. The molecule has 0 aliphatic heterocycles. The SMILES string of the molecule is CC.O=C(O)c1ccc(CP)cn1. The first-order valence-corrected chi connectivity index (χ1v) is 4.94. The van der Waals surface area contributed by atoms with E-state index >= 15 is 0 Å². The highest BCUT2D eigenvalue weighted by Crippen LogP contribution is 2.04. The monoisotopic (exact) mass is 199 g/mol. The van der Waals surface area contributed by atoms with E-state index < -0.39 is 5.97 Å².